The second kappa shape index (κ2) is 6.60. The van der Waals surface area contributed by atoms with Crippen LogP contribution in [0.4, 0.5) is 5.82 Å². The molecule has 2 N–H and O–H groups in total. The van der Waals surface area contributed by atoms with Crippen molar-refractivity contribution in [1.82, 2.24) is 9.29 Å². The van der Waals surface area contributed by atoms with E-state index in [9.17, 15) is 13.5 Å². The molecule has 2 rings (SSSR count). The number of rotatable bonds is 4. The normalized spacial score (nSPS) is 19.4. The maximum Gasteiger partial charge on any atom is 0.246 e. The summed E-state index contributed by atoms with van der Waals surface area (Å²) in [6.45, 7) is 2.60. The molecule has 2 heterocycles. The molecule has 0 aromatic carbocycles. The van der Waals surface area contributed by atoms with Crippen molar-refractivity contribution in [2.24, 2.45) is 5.92 Å². The molecule has 1 aliphatic heterocycles. The lowest BCUT2D eigenvalue weighted by Gasteiger charge is -2.32. The van der Waals surface area contributed by atoms with E-state index in [2.05, 4.69) is 26.2 Å². The first-order valence-electron chi connectivity index (χ1n) is 6.87. The second-order valence-electron chi connectivity index (χ2n) is 5.23. The lowest BCUT2D eigenvalue weighted by atomic mass is 9.93. The average molecular weight is 378 g/mol. The molecule has 1 fully saturated rings. The number of aliphatic hydroxyl groups excluding tert-OH is 1. The SMILES string of the molecule is CNc1ncc(Br)cc1S(=O)(=O)N1CCC(C(C)O)CC1. The number of hydrogen-bond donors (Lipinski definition) is 2. The van der Waals surface area contributed by atoms with Crippen LogP contribution in [0.3, 0.4) is 0 Å². The molecule has 21 heavy (non-hydrogen) atoms. The number of aliphatic hydroxyl groups is 1. The standard InChI is InChI=1S/C13H20BrN3O3S/c1-9(18)10-3-5-17(6-4-10)21(19,20)12-7-11(14)8-16-13(12)15-2/h7-10,18H,3-6H2,1-2H3,(H,15,16). The molecule has 6 nitrogen and oxygen atoms in total. The minimum absolute atomic E-state index is 0.167. The Morgan fingerprint density at radius 2 is 2.10 bits per heavy atom. The third kappa shape index (κ3) is 3.56. The quantitative estimate of drug-likeness (QED) is 0.833. The molecule has 0 aliphatic carbocycles. The van der Waals surface area contributed by atoms with E-state index in [-0.39, 0.29) is 10.8 Å². The van der Waals surface area contributed by atoms with E-state index >= 15 is 0 Å². The van der Waals surface area contributed by atoms with E-state index < -0.39 is 16.1 Å². The number of sulfonamides is 1. The minimum Gasteiger partial charge on any atom is -0.393 e. The van der Waals surface area contributed by atoms with Crippen LogP contribution in [-0.2, 0) is 10.0 Å². The van der Waals surface area contributed by atoms with Crippen LogP contribution in [-0.4, -0.2) is 49.1 Å². The second-order valence-corrected chi connectivity index (χ2v) is 8.05. The molecule has 0 spiro atoms. The summed E-state index contributed by atoms with van der Waals surface area (Å²) in [7, 11) is -1.93. The first kappa shape index (κ1) is 16.7. The summed E-state index contributed by atoms with van der Waals surface area (Å²) < 4.78 is 27.6. The van der Waals surface area contributed by atoms with Crippen molar-refractivity contribution in [3.8, 4) is 0 Å². The number of anilines is 1. The summed E-state index contributed by atoms with van der Waals surface area (Å²) in [5, 5.41) is 12.4. The van der Waals surface area contributed by atoms with Crippen molar-refractivity contribution < 1.29 is 13.5 Å². The van der Waals surface area contributed by atoms with Gasteiger partial charge in [-0.05, 0) is 47.7 Å². The van der Waals surface area contributed by atoms with Gasteiger partial charge in [0.2, 0.25) is 10.0 Å². The lowest BCUT2D eigenvalue weighted by molar-refractivity contribution is 0.0912. The van der Waals surface area contributed by atoms with Gasteiger partial charge in [-0.25, -0.2) is 13.4 Å². The number of hydrogen-bond acceptors (Lipinski definition) is 5. The van der Waals surface area contributed by atoms with Crippen LogP contribution in [0.15, 0.2) is 21.6 Å². The van der Waals surface area contributed by atoms with Gasteiger partial charge in [0.1, 0.15) is 10.7 Å². The van der Waals surface area contributed by atoms with Crippen molar-refractivity contribution in [2.45, 2.75) is 30.8 Å². The molecule has 8 heteroatoms. The lowest BCUT2D eigenvalue weighted by Crippen LogP contribution is -2.40. The molecule has 1 unspecified atom stereocenters. The number of piperidine rings is 1. The summed E-state index contributed by atoms with van der Waals surface area (Å²) in [4.78, 5) is 4.27. The predicted molar refractivity (Wildman–Crippen MR) is 84.6 cm³/mol. The summed E-state index contributed by atoms with van der Waals surface area (Å²) in [5.74, 6) is 0.511. The molecular weight excluding hydrogens is 358 g/mol. The van der Waals surface area contributed by atoms with Crippen LogP contribution in [0.1, 0.15) is 19.8 Å². The van der Waals surface area contributed by atoms with Gasteiger partial charge in [0.25, 0.3) is 0 Å². The van der Waals surface area contributed by atoms with Gasteiger partial charge in [0.15, 0.2) is 0 Å². The van der Waals surface area contributed by atoms with Gasteiger partial charge in [-0.1, -0.05) is 0 Å². The zero-order valence-electron chi connectivity index (χ0n) is 12.1. The Morgan fingerprint density at radius 3 is 2.62 bits per heavy atom. The Morgan fingerprint density at radius 1 is 1.48 bits per heavy atom. The zero-order chi connectivity index (χ0) is 15.6. The molecule has 0 radical (unpaired) electrons. The topological polar surface area (TPSA) is 82.5 Å². The minimum atomic E-state index is -3.58. The molecule has 0 amide bonds. The highest BCUT2D eigenvalue weighted by atomic mass is 79.9. The van der Waals surface area contributed by atoms with Crippen LogP contribution in [0.25, 0.3) is 0 Å². The Hall–Kier alpha value is -0.700. The largest absolute Gasteiger partial charge is 0.393 e. The highest BCUT2D eigenvalue weighted by molar-refractivity contribution is 9.10. The highest BCUT2D eigenvalue weighted by Gasteiger charge is 2.32. The van der Waals surface area contributed by atoms with Gasteiger partial charge in [-0.3, -0.25) is 0 Å². The maximum absolute atomic E-state index is 12.8. The van der Waals surface area contributed by atoms with Crippen LogP contribution in [0.2, 0.25) is 0 Å². The molecular formula is C13H20BrN3O3S. The van der Waals surface area contributed by atoms with Crippen LogP contribution < -0.4 is 5.32 Å². The summed E-state index contributed by atoms with van der Waals surface area (Å²) >= 11 is 3.26. The molecule has 1 aromatic heterocycles. The molecule has 1 atom stereocenters. The smallest absolute Gasteiger partial charge is 0.246 e. The van der Waals surface area contributed by atoms with Crippen molar-refractivity contribution in [1.29, 1.82) is 0 Å². The molecule has 0 bridgehead atoms. The fourth-order valence-corrected chi connectivity index (χ4v) is 4.67. The van der Waals surface area contributed by atoms with Crippen LogP contribution >= 0.6 is 15.9 Å². The number of nitrogens with zero attached hydrogens (tertiary/aromatic N) is 2. The number of halogens is 1. The Labute approximate surface area is 133 Å². The van der Waals surface area contributed by atoms with Crippen LogP contribution in [0.5, 0.6) is 0 Å². The third-order valence-electron chi connectivity index (χ3n) is 3.85. The Bertz CT molecular complexity index is 599. The zero-order valence-corrected chi connectivity index (χ0v) is 14.5. The van der Waals surface area contributed by atoms with Gasteiger partial charge in [-0.2, -0.15) is 4.31 Å². The van der Waals surface area contributed by atoms with Gasteiger partial charge < -0.3 is 10.4 Å². The van der Waals surface area contributed by atoms with Crippen molar-refractivity contribution in [3.63, 3.8) is 0 Å². The number of pyridine rings is 1. The molecule has 1 saturated heterocycles. The number of nitrogens with one attached hydrogen (secondary N) is 1. The average Bonchev–Trinajstić information content (AvgIpc) is 2.47. The van der Waals surface area contributed by atoms with Crippen molar-refractivity contribution in [3.05, 3.63) is 16.7 Å². The van der Waals surface area contributed by atoms with Gasteiger partial charge in [-0.15, -0.1) is 0 Å². The van der Waals surface area contributed by atoms with E-state index in [1.54, 1.807) is 26.2 Å². The monoisotopic (exact) mass is 377 g/mol. The van der Waals surface area contributed by atoms with Gasteiger partial charge in [0.05, 0.1) is 6.10 Å². The van der Waals surface area contributed by atoms with Crippen molar-refractivity contribution >= 4 is 31.8 Å². The summed E-state index contributed by atoms with van der Waals surface area (Å²) in [5.41, 5.74) is 0. The Balaban J connectivity index is 2.25. The third-order valence-corrected chi connectivity index (χ3v) is 6.20. The first-order valence-corrected chi connectivity index (χ1v) is 9.11. The van der Waals surface area contributed by atoms with Gasteiger partial charge in [0, 0.05) is 30.8 Å². The Kier molecular flexibility index (Phi) is 5.24. The highest BCUT2D eigenvalue weighted by Crippen LogP contribution is 2.29. The molecule has 118 valence electrons. The number of aromatic nitrogens is 1. The fraction of sp³-hybridized carbons (Fsp3) is 0.615. The van der Waals surface area contributed by atoms with E-state index in [1.165, 1.54) is 4.31 Å². The van der Waals surface area contributed by atoms with Crippen molar-refractivity contribution in [2.75, 3.05) is 25.5 Å². The molecule has 1 aromatic rings. The maximum atomic E-state index is 12.8. The van der Waals surface area contributed by atoms with Crippen LogP contribution in [0, 0.1) is 5.92 Å². The van der Waals surface area contributed by atoms with E-state index in [0.717, 1.165) is 0 Å². The first-order chi connectivity index (χ1) is 9.86. The van der Waals surface area contributed by atoms with Gasteiger partial charge >= 0.3 is 0 Å². The summed E-state index contributed by atoms with van der Waals surface area (Å²) in [6.07, 6.45) is 2.51. The molecule has 0 saturated carbocycles. The van der Waals surface area contributed by atoms with E-state index in [0.29, 0.717) is 36.2 Å². The fourth-order valence-electron chi connectivity index (χ4n) is 2.54. The molecule has 1 aliphatic rings. The van der Waals surface area contributed by atoms with E-state index in [4.69, 9.17) is 0 Å². The van der Waals surface area contributed by atoms with E-state index in [1.807, 2.05) is 0 Å². The predicted octanol–water partition coefficient (Wildman–Crippen LogP) is 1.67. The summed E-state index contributed by atoms with van der Waals surface area (Å²) in [6, 6.07) is 1.56.